The molecule has 1 aliphatic rings. The third-order valence-corrected chi connectivity index (χ3v) is 5.59. The summed E-state index contributed by atoms with van der Waals surface area (Å²) < 4.78 is 2.03. The van der Waals surface area contributed by atoms with E-state index >= 15 is 0 Å². The standard InChI is InChI=1S/C23H27N5O2/c1-26(2)11-6-12-27(3)23(30)17-8-4-7-16(13-17)20-14-24-22(29)18-9-5-10-19-21(18)28(20)15-25-19/h4-5,7-10,13,15,20H,6,11-12,14H2,1-3H3,(H,24,29). The van der Waals surface area contributed by atoms with E-state index in [-0.39, 0.29) is 17.9 Å². The van der Waals surface area contributed by atoms with Crippen LogP contribution >= 0.6 is 0 Å². The van der Waals surface area contributed by atoms with Gasteiger partial charge in [0.25, 0.3) is 11.8 Å². The van der Waals surface area contributed by atoms with Gasteiger partial charge in [-0.25, -0.2) is 4.98 Å². The van der Waals surface area contributed by atoms with Gasteiger partial charge in [-0.1, -0.05) is 18.2 Å². The normalized spacial score (nSPS) is 15.9. The largest absolute Gasteiger partial charge is 0.350 e. The van der Waals surface area contributed by atoms with Gasteiger partial charge in [-0.2, -0.15) is 0 Å². The Kier molecular flexibility index (Phi) is 5.55. The third kappa shape index (κ3) is 3.80. The number of amides is 2. The lowest BCUT2D eigenvalue weighted by molar-refractivity contribution is 0.0790. The minimum atomic E-state index is -0.130. The fourth-order valence-electron chi connectivity index (χ4n) is 3.99. The molecule has 0 saturated heterocycles. The van der Waals surface area contributed by atoms with Crippen LogP contribution in [0, 0.1) is 0 Å². The van der Waals surface area contributed by atoms with Crippen LogP contribution in [0.3, 0.4) is 0 Å². The molecule has 1 unspecified atom stereocenters. The van der Waals surface area contributed by atoms with Crippen LogP contribution in [0.2, 0.25) is 0 Å². The highest BCUT2D eigenvalue weighted by Crippen LogP contribution is 2.28. The molecule has 0 radical (unpaired) electrons. The molecule has 0 saturated carbocycles. The molecule has 1 N–H and O–H groups in total. The summed E-state index contributed by atoms with van der Waals surface area (Å²) >= 11 is 0. The van der Waals surface area contributed by atoms with Crippen molar-refractivity contribution < 1.29 is 9.59 Å². The maximum absolute atomic E-state index is 12.9. The van der Waals surface area contributed by atoms with Crippen LogP contribution in [0.1, 0.15) is 38.7 Å². The first-order valence-electron chi connectivity index (χ1n) is 10.2. The topological polar surface area (TPSA) is 70.5 Å². The number of imidazole rings is 1. The molecule has 0 spiro atoms. The Balaban J connectivity index is 1.62. The number of carbonyl (C=O) groups is 2. The third-order valence-electron chi connectivity index (χ3n) is 5.59. The van der Waals surface area contributed by atoms with Gasteiger partial charge in [0.15, 0.2) is 0 Å². The Morgan fingerprint density at radius 1 is 1.17 bits per heavy atom. The Bertz CT molecular complexity index is 1090. The van der Waals surface area contributed by atoms with E-state index in [0.29, 0.717) is 24.2 Å². The lowest BCUT2D eigenvalue weighted by atomic mass is 10.0. The van der Waals surface area contributed by atoms with Crippen molar-refractivity contribution in [1.82, 2.24) is 24.7 Å². The van der Waals surface area contributed by atoms with Crippen molar-refractivity contribution in [3.8, 4) is 0 Å². The van der Waals surface area contributed by atoms with E-state index in [9.17, 15) is 9.59 Å². The molecule has 0 aliphatic carbocycles. The van der Waals surface area contributed by atoms with E-state index in [2.05, 4.69) is 15.2 Å². The molecule has 7 nitrogen and oxygen atoms in total. The highest BCUT2D eigenvalue weighted by Gasteiger charge is 2.25. The van der Waals surface area contributed by atoms with Gasteiger partial charge in [0, 0.05) is 25.7 Å². The van der Waals surface area contributed by atoms with Gasteiger partial charge >= 0.3 is 0 Å². The fraction of sp³-hybridized carbons (Fsp3) is 0.348. The molecule has 3 aromatic rings. The first kappa shape index (κ1) is 20.1. The summed E-state index contributed by atoms with van der Waals surface area (Å²) in [5.74, 6) is -0.0952. The molecular formula is C23H27N5O2. The molecule has 30 heavy (non-hydrogen) atoms. The number of benzene rings is 2. The summed E-state index contributed by atoms with van der Waals surface area (Å²) in [5, 5.41) is 3.01. The van der Waals surface area contributed by atoms with Crippen molar-refractivity contribution in [2.24, 2.45) is 0 Å². The Hall–Kier alpha value is -3.19. The van der Waals surface area contributed by atoms with Crippen molar-refractivity contribution in [2.45, 2.75) is 12.5 Å². The summed E-state index contributed by atoms with van der Waals surface area (Å²) in [6.07, 6.45) is 2.70. The predicted molar refractivity (Wildman–Crippen MR) is 117 cm³/mol. The first-order chi connectivity index (χ1) is 14.5. The summed E-state index contributed by atoms with van der Waals surface area (Å²) in [4.78, 5) is 33.9. The molecule has 1 aromatic heterocycles. The summed E-state index contributed by atoms with van der Waals surface area (Å²) in [5.41, 5.74) is 3.87. The van der Waals surface area contributed by atoms with E-state index in [1.54, 1.807) is 11.2 Å². The van der Waals surface area contributed by atoms with Crippen LogP contribution < -0.4 is 5.32 Å². The highest BCUT2D eigenvalue weighted by atomic mass is 16.2. The van der Waals surface area contributed by atoms with Crippen LogP contribution in [0.25, 0.3) is 11.0 Å². The minimum Gasteiger partial charge on any atom is -0.350 e. The van der Waals surface area contributed by atoms with Gasteiger partial charge in [-0.3, -0.25) is 9.59 Å². The molecule has 4 rings (SSSR count). The van der Waals surface area contributed by atoms with E-state index < -0.39 is 0 Å². The first-order valence-corrected chi connectivity index (χ1v) is 10.2. The number of nitrogens with zero attached hydrogens (tertiary/aromatic N) is 4. The lowest BCUT2D eigenvalue weighted by Crippen LogP contribution is -2.30. The van der Waals surface area contributed by atoms with Gasteiger partial charge < -0.3 is 19.7 Å². The molecule has 0 fully saturated rings. The second-order valence-corrected chi connectivity index (χ2v) is 8.06. The number of carbonyl (C=O) groups excluding carboxylic acids is 2. The zero-order valence-electron chi connectivity index (χ0n) is 17.6. The average Bonchev–Trinajstić information content (AvgIpc) is 3.10. The van der Waals surface area contributed by atoms with E-state index in [1.165, 1.54) is 0 Å². The Labute approximate surface area is 176 Å². The van der Waals surface area contributed by atoms with Crippen molar-refractivity contribution in [1.29, 1.82) is 0 Å². The molecule has 2 heterocycles. The van der Waals surface area contributed by atoms with Crippen LogP contribution in [0.5, 0.6) is 0 Å². The Morgan fingerprint density at radius 3 is 2.77 bits per heavy atom. The maximum Gasteiger partial charge on any atom is 0.253 e. The fourth-order valence-corrected chi connectivity index (χ4v) is 3.99. The molecular weight excluding hydrogens is 378 g/mol. The SMILES string of the molecule is CN(C)CCCN(C)C(=O)c1cccc(C2CNC(=O)c3cccc4ncn2c34)c1. The van der Waals surface area contributed by atoms with E-state index in [0.717, 1.165) is 29.6 Å². The van der Waals surface area contributed by atoms with Crippen molar-refractivity contribution in [3.63, 3.8) is 0 Å². The minimum absolute atomic E-state index is 0.00411. The molecule has 2 amide bonds. The van der Waals surface area contributed by atoms with E-state index in [4.69, 9.17) is 0 Å². The van der Waals surface area contributed by atoms with Crippen molar-refractivity contribution in [2.75, 3.05) is 40.8 Å². The summed E-state index contributed by atoms with van der Waals surface area (Å²) in [7, 11) is 5.90. The molecule has 7 heteroatoms. The number of hydrogen-bond acceptors (Lipinski definition) is 4. The van der Waals surface area contributed by atoms with Gasteiger partial charge in [0.05, 0.1) is 29.0 Å². The van der Waals surface area contributed by atoms with Gasteiger partial charge in [-0.05, 0) is 56.9 Å². The van der Waals surface area contributed by atoms with Crippen molar-refractivity contribution in [3.05, 3.63) is 65.5 Å². The van der Waals surface area contributed by atoms with Crippen LogP contribution in [-0.2, 0) is 0 Å². The highest BCUT2D eigenvalue weighted by molar-refractivity contribution is 6.05. The number of rotatable bonds is 6. The van der Waals surface area contributed by atoms with Gasteiger partial charge in [-0.15, -0.1) is 0 Å². The predicted octanol–water partition coefficient (Wildman–Crippen LogP) is 2.39. The van der Waals surface area contributed by atoms with Crippen LogP contribution in [0.4, 0.5) is 0 Å². The summed E-state index contributed by atoms with van der Waals surface area (Å²) in [6.45, 7) is 2.08. The molecule has 2 aromatic carbocycles. The second kappa shape index (κ2) is 8.28. The average molecular weight is 406 g/mol. The zero-order chi connectivity index (χ0) is 21.3. The number of nitrogens with one attached hydrogen (secondary N) is 1. The van der Waals surface area contributed by atoms with Gasteiger partial charge in [0.1, 0.15) is 0 Å². The van der Waals surface area contributed by atoms with Crippen molar-refractivity contribution >= 4 is 22.8 Å². The van der Waals surface area contributed by atoms with E-state index in [1.807, 2.05) is 68.2 Å². The molecule has 0 bridgehead atoms. The van der Waals surface area contributed by atoms with Crippen LogP contribution in [0.15, 0.2) is 48.8 Å². The lowest BCUT2D eigenvalue weighted by Gasteiger charge is -2.21. The monoisotopic (exact) mass is 405 g/mol. The molecule has 1 aliphatic heterocycles. The summed E-state index contributed by atoms with van der Waals surface area (Å²) in [6, 6.07) is 13.1. The number of para-hydroxylation sites is 1. The quantitative estimate of drug-likeness (QED) is 0.684. The second-order valence-electron chi connectivity index (χ2n) is 8.06. The maximum atomic E-state index is 12.9. The smallest absolute Gasteiger partial charge is 0.253 e. The number of aromatic nitrogens is 2. The molecule has 156 valence electrons. The zero-order valence-corrected chi connectivity index (χ0v) is 17.6. The van der Waals surface area contributed by atoms with Gasteiger partial charge in [0.2, 0.25) is 0 Å². The number of hydrogen-bond donors (Lipinski definition) is 1. The van der Waals surface area contributed by atoms with Crippen LogP contribution in [-0.4, -0.2) is 71.9 Å². The molecule has 1 atom stereocenters. The Morgan fingerprint density at radius 2 is 1.97 bits per heavy atom.